The Bertz CT molecular complexity index is 983. The molecule has 4 rings (SSSR count). The number of hydrogen-bond acceptors (Lipinski definition) is 5. The smallest absolute Gasteiger partial charge is 0.326 e. The molecule has 0 bridgehead atoms. The molecule has 3 heterocycles. The summed E-state index contributed by atoms with van der Waals surface area (Å²) in [7, 11) is -3.66. The fraction of sp³-hybridized carbons (Fsp3) is 0.471. The number of carboxylic acids is 1. The topological polar surface area (TPSA) is 105 Å². The van der Waals surface area contributed by atoms with E-state index in [1.807, 2.05) is 0 Å². The molecular formula is C17H19ClN4O4S. The highest BCUT2D eigenvalue weighted by molar-refractivity contribution is 7.89. The highest BCUT2D eigenvalue weighted by atomic mass is 35.5. The van der Waals surface area contributed by atoms with Gasteiger partial charge >= 0.3 is 5.97 Å². The molecule has 1 N–H and O–H groups in total. The highest BCUT2D eigenvalue weighted by Gasteiger charge is 2.37. The molecule has 1 saturated heterocycles. The normalized spacial score (nSPS) is 21.3. The Morgan fingerprint density at radius 3 is 2.52 bits per heavy atom. The number of aliphatic carboxylic acids is 1. The van der Waals surface area contributed by atoms with E-state index in [4.69, 9.17) is 11.6 Å². The van der Waals surface area contributed by atoms with Gasteiger partial charge in [-0.1, -0.05) is 23.7 Å². The van der Waals surface area contributed by atoms with Crippen LogP contribution in [0, 0.1) is 0 Å². The zero-order valence-corrected chi connectivity index (χ0v) is 16.0. The minimum Gasteiger partial charge on any atom is -0.480 e. The second-order valence-corrected chi connectivity index (χ2v) is 9.16. The number of benzene rings is 1. The summed E-state index contributed by atoms with van der Waals surface area (Å²) in [6, 6.07) is 5.78. The first-order chi connectivity index (χ1) is 12.9. The number of halogens is 1. The van der Waals surface area contributed by atoms with Gasteiger partial charge in [0.05, 0.1) is 5.02 Å². The Hall–Kier alpha value is -1.97. The van der Waals surface area contributed by atoms with Gasteiger partial charge in [0.25, 0.3) is 0 Å². The van der Waals surface area contributed by atoms with Crippen molar-refractivity contribution in [2.75, 3.05) is 13.1 Å². The van der Waals surface area contributed by atoms with Crippen molar-refractivity contribution in [2.45, 2.75) is 42.5 Å². The maximum Gasteiger partial charge on any atom is 0.326 e. The Kier molecular flexibility index (Phi) is 4.69. The zero-order valence-electron chi connectivity index (χ0n) is 14.5. The second-order valence-electron chi connectivity index (χ2n) is 6.85. The Balaban J connectivity index is 1.53. The summed E-state index contributed by atoms with van der Waals surface area (Å²) in [5.74, 6) is 0.464. The molecule has 1 fully saturated rings. The number of carbonyl (C=O) groups is 1. The van der Waals surface area contributed by atoms with Crippen LogP contribution in [0.25, 0.3) is 0 Å². The van der Waals surface area contributed by atoms with Crippen LogP contribution in [0.4, 0.5) is 0 Å². The van der Waals surface area contributed by atoms with Gasteiger partial charge in [0.15, 0.2) is 0 Å². The molecule has 1 aromatic carbocycles. The lowest BCUT2D eigenvalue weighted by molar-refractivity contribution is -0.140. The van der Waals surface area contributed by atoms with E-state index in [-0.39, 0.29) is 15.8 Å². The standard InChI is InChI=1S/C17H19ClN4O4S/c18-12-3-1-2-4-14(12)27(25,26)21-9-7-11(8-10-21)16-20-19-15-6-5-13(17(23)24)22(15)16/h1-4,11,13H,5-10H2,(H,23,24). The number of fused-ring (bicyclic) bond motifs is 1. The highest BCUT2D eigenvalue weighted by Crippen LogP contribution is 2.35. The summed E-state index contributed by atoms with van der Waals surface area (Å²) in [5, 5.41) is 18.0. The van der Waals surface area contributed by atoms with E-state index in [0.717, 1.165) is 0 Å². The first-order valence-corrected chi connectivity index (χ1v) is 10.6. The van der Waals surface area contributed by atoms with E-state index >= 15 is 0 Å². The van der Waals surface area contributed by atoms with Crippen LogP contribution >= 0.6 is 11.6 Å². The zero-order chi connectivity index (χ0) is 19.2. The molecule has 1 unspecified atom stereocenters. The first kappa shape index (κ1) is 18.4. The van der Waals surface area contributed by atoms with Crippen LogP contribution in [0.3, 0.4) is 0 Å². The van der Waals surface area contributed by atoms with Crippen LogP contribution in [0.1, 0.15) is 42.9 Å². The van der Waals surface area contributed by atoms with Gasteiger partial charge in [-0.05, 0) is 31.4 Å². The number of aryl methyl sites for hydroxylation is 1. The summed E-state index contributed by atoms with van der Waals surface area (Å²) in [6.45, 7) is 0.663. The molecule has 27 heavy (non-hydrogen) atoms. The molecule has 8 nitrogen and oxygen atoms in total. The molecule has 144 valence electrons. The maximum absolute atomic E-state index is 12.9. The minimum atomic E-state index is -3.66. The van der Waals surface area contributed by atoms with Gasteiger partial charge < -0.3 is 9.67 Å². The number of nitrogens with zero attached hydrogens (tertiary/aromatic N) is 4. The van der Waals surface area contributed by atoms with Crippen molar-refractivity contribution >= 4 is 27.6 Å². The third-order valence-electron chi connectivity index (χ3n) is 5.30. The van der Waals surface area contributed by atoms with Crippen LogP contribution in [0.5, 0.6) is 0 Å². The van der Waals surface area contributed by atoms with E-state index in [2.05, 4.69) is 10.2 Å². The molecular weight excluding hydrogens is 392 g/mol. The van der Waals surface area contributed by atoms with Crippen molar-refractivity contribution in [2.24, 2.45) is 0 Å². The SMILES string of the molecule is O=C(O)C1CCc2nnc(C3CCN(S(=O)(=O)c4ccccc4Cl)CC3)n21. The summed E-state index contributed by atoms with van der Waals surface area (Å²) < 4.78 is 28.9. The van der Waals surface area contributed by atoms with Gasteiger partial charge in [0.1, 0.15) is 22.6 Å². The molecule has 1 atom stereocenters. The average Bonchev–Trinajstić information content (AvgIpc) is 3.24. The van der Waals surface area contributed by atoms with Crippen molar-refractivity contribution in [1.29, 1.82) is 0 Å². The minimum absolute atomic E-state index is 0.0103. The van der Waals surface area contributed by atoms with E-state index in [1.165, 1.54) is 10.4 Å². The van der Waals surface area contributed by atoms with Gasteiger partial charge in [-0.3, -0.25) is 0 Å². The third kappa shape index (κ3) is 3.13. The lowest BCUT2D eigenvalue weighted by Crippen LogP contribution is -2.38. The molecule has 2 aromatic rings. The Morgan fingerprint density at radius 2 is 1.85 bits per heavy atom. The molecule has 2 aliphatic rings. The molecule has 10 heteroatoms. The van der Waals surface area contributed by atoms with Crippen LogP contribution in [0.2, 0.25) is 5.02 Å². The number of piperidine rings is 1. The Morgan fingerprint density at radius 1 is 1.15 bits per heavy atom. The molecule has 0 spiro atoms. The molecule has 1 aromatic heterocycles. The van der Waals surface area contributed by atoms with Gasteiger partial charge in [0, 0.05) is 25.4 Å². The number of aromatic nitrogens is 3. The Labute approximate surface area is 161 Å². The van der Waals surface area contributed by atoms with Crippen molar-refractivity contribution < 1.29 is 18.3 Å². The molecule has 0 amide bonds. The van der Waals surface area contributed by atoms with Crippen molar-refractivity contribution in [3.05, 3.63) is 40.9 Å². The van der Waals surface area contributed by atoms with Gasteiger partial charge in [-0.25, -0.2) is 13.2 Å². The van der Waals surface area contributed by atoms with Crippen LogP contribution in [-0.4, -0.2) is 51.7 Å². The lowest BCUT2D eigenvalue weighted by atomic mass is 9.97. The monoisotopic (exact) mass is 410 g/mol. The summed E-state index contributed by atoms with van der Waals surface area (Å²) in [4.78, 5) is 11.6. The predicted octanol–water partition coefficient (Wildman–Crippen LogP) is 2.07. The molecule has 0 saturated carbocycles. The second kappa shape index (κ2) is 6.88. The van der Waals surface area contributed by atoms with E-state index in [0.29, 0.717) is 50.4 Å². The van der Waals surface area contributed by atoms with Gasteiger partial charge in [0.2, 0.25) is 10.0 Å². The third-order valence-corrected chi connectivity index (χ3v) is 7.70. The number of carboxylic acid groups (broad SMARTS) is 1. The largest absolute Gasteiger partial charge is 0.480 e. The van der Waals surface area contributed by atoms with Gasteiger partial charge in [-0.15, -0.1) is 10.2 Å². The van der Waals surface area contributed by atoms with E-state index < -0.39 is 22.0 Å². The molecule has 2 aliphatic heterocycles. The fourth-order valence-electron chi connectivity index (χ4n) is 3.90. The maximum atomic E-state index is 12.9. The van der Waals surface area contributed by atoms with Gasteiger partial charge in [-0.2, -0.15) is 4.31 Å². The van der Waals surface area contributed by atoms with Crippen molar-refractivity contribution in [1.82, 2.24) is 19.1 Å². The average molecular weight is 411 g/mol. The van der Waals surface area contributed by atoms with E-state index in [1.54, 1.807) is 22.8 Å². The van der Waals surface area contributed by atoms with Crippen LogP contribution in [-0.2, 0) is 21.2 Å². The fourth-order valence-corrected chi connectivity index (χ4v) is 5.87. The molecule has 0 aliphatic carbocycles. The number of rotatable bonds is 4. The van der Waals surface area contributed by atoms with E-state index in [9.17, 15) is 18.3 Å². The summed E-state index contributed by atoms with van der Waals surface area (Å²) in [5.41, 5.74) is 0. The predicted molar refractivity (Wildman–Crippen MR) is 97.2 cm³/mol. The first-order valence-electron chi connectivity index (χ1n) is 8.80. The summed E-state index contributed by atoms with van der Waals surface area (Å²) in [6.07, 6.45) is 2.25. The van der Waals surface area contributed by atoms with Crippen LogP contribution in [0.15, 0.2) is 29.2 Å². The van der Waals surface area contributed by atoms with Crippen molar-refractivity contribution in [3.63, 3.8) is 0 Å². The lowest BCUT2D eigenvalue weighted by Gasteiger charge is -2.31. The quantitative estimate of drug-likeness (QED) is 0.827. The molecule has 0 radical (unpaired) electrons. The van der Waals surface area contributed by atoms with Crippen molar-refractivity contribution in [3.8, 4) is 0 Å². The summed E-state index contributed by atoms with van der Waals surface area (Å²) >= 11 is 6.06. The number of sulfonamides is 1. The van der Waals surface area contributed by atoms with Crippen LogP contribution < -0.4 is 0 Å². The number of hydrogen-bond donors (Lipinski definition) is 1.